The van der Waals surface area contributed by atoms with Gasteiger partial charge in [0.15, 0.2) is 12.6 Å². The lowest BCUT2D eigenvalue weighted by atomic mass is 10.1. The van der Waals surface area contributed by atoms with Gasteiger partial charge in [-0.1, -0.05) is 0 Å². The molecular weight excluding hydrogens is 696 g/mol. The maximum absolute atomic E-state index is 10.5. The number of aromatic hydroxyl groups is 2. The van der Waals surface area contributed by atoms with Crippen LogP contribution in [0.3, 0.4) is 0 Å². The molecule has 2 rings (SSSR count). The van der Waals surface area contributed by atoms with Crippen LogP contribution in [0.5, 0.6) is 11.5 Å². The van der Waals surface area contributed by atoms with E-state index in [-0.39, 0.29) is 35.8 Å². The Kier molecular flexibility index (Phi) is 24.4. The van der Waals surface area contributed by atoms with Gasteiger partial charge in [-0.05, 0) is 13.8 Å². The van der Waals surface area contributed by atoms with Crippen molar-refractivity contribution in [2.45, 2.75) is 27.1 Å². The van der Waals surface area contributed by atoms with Crippen molar-refractivity contribution in [3.05, 3.63) is 46.0 Å². The van der Waals surface area contributed by atoms with Crippen LogP contribution in [0.25, 0.3) is 0 Å². The van der Waals surface area contributed by atoms with Gasteiger partial charge in [-0.15, -0.1) is 0 Å². The number of hydrogen-bond donors (Lipinski definition) is 16. The smallest absolute Gasteiger partial charge is 0.466 e. The second-order valence-electron chi connectivity index (χ2n) is 6.87. The molecule has 2 aromatic heterocycles. The predicted molar refractivity (Wildman–Crippen MR) is 141 cm³/mol. The Labute approximate surface area is 245 Å². The van der Waals surface area contributed by atoms with E-state index in [1.165, 1.54) is 12.4 Å². The number of hydrogen-bond acceptors (Lipinski definition) is 12. The number of phosphoric acid groups is 4. The molecule has 2 heterocycles. The second kappa shape index (κ2) is 22.2. The average molecular weight is 726 g/mol. The largest absolute Gasteiger partial charge is 0.505 e. The van der Waals surface area contributed by atoms with Gasteiger partial charge in [-0.25, -0.2) is 18.3 Å². The molecule has 28 heteroatoms. The number of aryl methyl sites for hydroxylation is 2. The van der Waals surface area contributed by atoms with E-state index in [0.29, 0.717) is 35.1 Å². The monoisotopic (exact) mass is 726 g/mol. The van der Waals surface area contributed by atoms with Gasteiger partial charge in [0.1, 0.15) is 11.5 Å². The van der Waals surface area contributed by atoms with Crippen molar-refractivity contribution in [1.82, 2.24) is 9.97 Å². The van der Waals surface area contributed by atoms with Crippen molar-refractivity contribution in [3.8, 4) is 11.5 Å². The first kappa shape index (κ1) is 48.5. The SMILES string of the molecule is Cc1ncc(CO)c(C=O)c1O.Cc1ncc(CO)c(C=O)c1O.O=P(O)(O)O.O=P(O)(O)O.O=P(O)(O)O.O=P(O)(O)O. The average Bonchev–Trinajstić information content (AvgIpc) is 2.78. The van der Waals surface area contributed by atoms with Crippen molar-refractivity contribution in [1.29, 1.82) is 0 Å². The highest BCUT2D eigenvalue weighted by Gasteiger charge is 2.10. The molecule has 0 unspecified atom stereocenters. The summed E-state index contributed by atoms with van der Waals surface area (Å²) < 4.78 is 35.5. The highest BCUT2D eigenvalue weighted by atomic mass is 31.2. The van der Waals surface area contributed by atoms with Gasteiger partial charge < -0.3 is 79.1 Å². The van der Waals surface area contributed by atoms with E-state index in [9.17, 15) is 19.8 Å². The van der Waals surface area contributed by atoms with E-state index in [0.717, 1.165) is 0 Å². The second-order valence-corrected chi connectivity index (χ2v) is 11.0. The summed E-state index contributed by atoms with van der Waals surface area (Å²) in [5, 5.41) is 36.1. The molecule has 0 aliphatic rings. The molecule has 16 N–H and O–H groups in total. The summed E-state index contributed by atoms with van der Waals surface area (Å²) in [6.07, 6.45) is 3.77. The maximum atomic E-state index is 10.5. The molecule has 0 atom stereocenters. The normalized spacial score (nSPS) is 10.7. The summed E-state index contributed by atoms with van der Waals surface area (Å²) in [7, 11) is -18.6. The number of aliphatic hydroxyl groups is 2. The van der Waals surface area contributed by atoms with E-state index in [1.54, 1.807) is 13.8 Å². The quantitative estimate of drug-likeness (QED) is 0.111. The summed E-state index contributed by atoms with van der Waals surface area (Å²) in [4.78, 5) is 115. The third kappa shape index (κ3) is 37.6. The number of carbonyl (C=O) groups excluding carboxylic acids is 2. The predicted octanol–water partition coefficient (Wildman–Crippen LogP) is -2.91. The zero-order chi connectivity index (χ0) is 36.3. The van der Waals surface area contributed by atoms with Crippen LogP contribution in [-0.4, -0.2) is 102 Å². The number of rotatable bonds is 4. The van der Waals surface area contributed by atoms with Gasteiger partial charge in [-0.3, -0.25) is 19.6 Å². The molecular formula is C16H30N2O22P4. The molecule has 0 aromatic carbocycles. The van der Waals surface area contributed by atoms with Crippen molar-refractivity contribution in [3.63, 3.8) is 0 Å². The Bertz CT molecular complexity index is 1190. The van der Waals surface area contributed by atoms with E-state index >= 15 is 0 Å². The summed E-state index contributed by atoms with van der Waals surface area (Å²) in [5.41, 5.74) is 1.68. The molecule has 44 heavy (non-hydrogen) atoms. The summed E-state index contributed by atoms with van der Waals surface area (Å²) in [6, 6.07) is 0. The molecule has 0 spiro atoms. The van der Waals surface area contributed by atoms with Crippen molar-refractivity contribution in [2.75, 3.05) is 0 Å². The van der Waals surface area contributed by atoms with Crippen LogP contribution in [-0.2, 0) is 31.5 Å². The third-order valence-electron chi connectivity index (χ3n) is 3.29. The fraction of sp³-hybridized carbons (Fsp3) is 0.250. The zero-order valence-electron chi connectivity index (χ0n) is 22.0. The van der Waals surface area contributed by atoms with Crippen LogP contribution in [0.4, 0.5) is 0 Å². The molecule has 256 valence electrons. The molecule has 0 aliphatic heterocycles. The number of aldehydes is 2. The van der Waals surface area contributed by atoms with Crippen LogP contribution in [0.15, 0.2) is 12.4 Å². The van der Waals surface area contributed by atoms with Gasteiger partial charge in [0.05, 0.1) is 35.7 Å². The minimum absolute atomic E-state index is 0.116. The zero-order valence-corrected chi connectivity index (χ0v) is 25.6. The number of aliphatic hydroxyl groups excluding tert-OH is 2. The minimum atomic E-state index is -4.64. The fourth-order valence-corrected chi connectivity index (χ4v) is 1.82. The Hall–Kier alpha value is -2.40. The Morgan fingerprint density at radius 3 is 0.864 bits per heavy atom. The maximum Gasteiger partial charge on any atom is 0.466 e. The van der Waals surface area contributed by atoms with Crippen LogP contribution in [0, 0.1) is 13.8 Å². The third-order valence-corrected chi connectivity index (χ3v) is 3.29. The number of nitrogens with zero attached hydrogens (tertiary/aromatic N) is 2. The molecule has 0 aliphatic carbocycles. The van der Waals surface area contributed by atoms with Crippen molar-refractivity contribution < 1.29 is 107 Å². The highest BCUT2D eigenvalue weighted by molar-refractivity contribution is 7.45. The lowest BCUT2D eigenvalue weighted by molar-refractivity contribution is 0.111. The number of pyridine rings is 2. The Morgan fingerprint density at radius 2 is 0.727 bits per heavy atom. The lowest BCUT2D eigenvalue weighted by Gasteiger charge is -2.04. The van der Waals surface area contributed by atoms with Gasteiger partial charge in [0.25, 0.3) is 0 Å². The molecule has 0 amide bonds. The van der Waals surface area contributed by atoms with E-state index in [1.807, 2.05) is 0 Å². The first-order valence-electron chi connectivity index (χ1n) is 10.0. The van der Waals surface area contributed by atoms with E-state index in [2.05, 4.69) is 9.97 Å². The fourth-order valence-electron chi connectivity index (χ4n) is 1.82. The highest BCUT2D eigenvalue weighted by Crippen LogP contribution is 2.27. The summed E-state index contributed by atoms with van der Waals surface area (Å²) in [6.45, 7) is 2.58. The summed E-state index contributed by atoms with van der Waals surface area (Å²) in [5.74, 6) is -0.312. The van der Waals surface area contributed by atoms with Gasteiger partial charge in [0.2, 0.25) is 0 Å². The Morgan fingerprint density at radius 1 is 0.545 bits per heavy atom. The van der Waals surface area contributed by atoms with Crippen LogP contribution < -0.4 is 0 Å². The van der Waals surface area contributed by atoms with Crippen LogP contribution in [0.2, 0.25) is 0 Å². The van der Waals surface area contributed by atoms with Crippen LogP contribution >= 0.6 is 31.3 Å². The van der Waals surface area contributed by atoms with E-state index in [4.69, 9.17) is 87.2 Å². The molecule has 0 bridgehead atoms. The number of carbonyl (C=O) groups is 2. The van der Waals surface area contributed by atoms with Crippen molar-refractivity contribution >= 4 is 43.9 Å². The first-order chi connectivity index (χ1) is 19.4. The topological polar surface area (TPSA) is 452 Å². The summed E-state index contributed by atoms with van der Waals surface area (Å²) >= 11 is 0. The van der Waals surface area contributed by atoms with E-state index < -0.39 is 31.3 Å². The van der Waals surface area contributed by atoms with Gasteiger partial charge in [-0.2, -0.15) is 0 Å². The first-order valence-corrected chi connectivity index (χ1v) is 16.3. The van der Waals surface area contributed by atoms with Gasteiger partial charge >= 0.3 is 31.3 Å². The molecule has 2 aromatic rings. The molecule has 0 radical (unpaired) electrons. The lowest BCUT2D eigenvalue weighted by Crippen LogP contribution is -1.96. The molecule has 0 fully saturated rings. The molecule has 0 saturated carbocycles. The Balaban J connectivity index is -0.000000232. The molecule has 24 nitrogen and oxygen atoms in total. The number of aromatic nitrogens is 2. The minimum Gasteiger partial charge on any atom is -0.505 e. The van der Waals surface area contributed by atoms with Crippen molar-refractivity contribution in [2.24, 2.45) is 0 Å². The standard InChI is InChI=1S/2C8H9NO3.4H3O4P/c2*1-5-8(12)7(4-11)6(3-10)2-9-5;4*1-5(2,3)4/h2*2,4,10,12H,3H2,1H3;4*(H3,1,2,3,4). The van der Waals surface area contributed by atoms with Gasteiger partial charge in [0, 0.05) is 23.5 Å². The van der Waals surface area contributed by atoms with Crippen LogP contribution in [0.1, 0.15) is 43.2 Å². The molecule has 0 saturated heterocycles.